The molecule has 0 aliphatic carbocycles. The average Bonchev–Trinajstić information content (AvgIpc) is 2.68. The van der Waals surface area contributed by atoms with E-state index in [-0.39, 0.29) is 17.6 Å². The van der Waals surface area contributed by atoms with Crippen LogP contribution in [0, 0.1) is 0 Å². The highest BCUT2D eigenvalue weighted by atomic mass is 16.3. The van der Waals surface area contributed by atoms with Gasteiger partial charge in [-0.05, 0) is 23.3 Å². The van der Waals surface area contributed by atoms with Crippen LogP contribution in [-0.2, 0) is 22.6 Å². The molecule has 0 unspecified atom stereocenters. The molecule has 2 N–H and O–H groups in total. The van der Waals surface area contributed by atoms with Crippen LogP contribution < -0.4 is 5.32 Å². The third kappa shape index (κ3) is 3.80. The van der Waals surface area contributed by atoms with Crippen molar-refractivity contribution in [1.82, 2.24) is 15.1 Å². The molecule has 0 spiro atoms. The van der Waals surface area contributed by atoms with Gasteiger partial charge in [0, 0.05) is 32.6 Å². The maximum absolute atomic E-state index is 12.9. The lowest BCUT2D eigenvalue weighted by molar-refractivity contribution is -0.153. The van der Waals surface area contributed by atoms with E-state index in [1.54, 1.807) is 29.2 Å². The molecule has 0 radical (unpaired) electrons. The Hall–Kier alpha value is -2.86. The van der Waals surface area contributed by atoms with Gasteiger partial charge < -0.3 is 15.3 Å². The van der Waals surface area contributed by atoms with Crippen LogP contribution in [0.25, 0.3) is 0 Å². The number of nitrogens with zero attached hydrogens (tertiary/aromatic N) is 2. The van der Waals surface area contributed by atoms with Crippen LogP contribution in [-0.4, -0.2) is 58.4 Å². The fourth-order valence-electron chi connectivity index (χ4n) is 3.85. The lowest BCUT2D eigenvalue weighted by Crippen LogP contribution is -2.69. The number of amides is 2. The van der Waals surface area contributed by atoms with Crippen LogP contribution in [0.2, 0.25) is 0 Å². The van der Waals surface area contributed by atoms with Gasteiger partial charge in [-0.15, -0.1) is 0 Å². The van der Waals surface area contributed by atoms with Crippen molar-refractivity contribution in [1.29, 1.82) is 0 Å². The Labute approximate surface area is 158 Å². The van der Waals surface area contributed by atoms with Crippen molar-refractivity contribution in [2.45, 2.75) is 25.0 Å². The average molecular weight is 365 g/mol. The van der Waals surface area contributed by atoms with E-state index in [4.69, 9.17) is 0 Å². The zero-order valence-electron chi connectivity index (χ0n) is 15.0. The molecule has 2 aromatic carbocycles. The van der Waals surface area contributed by atoms with Crippen molar-refractivity contribution >= 4 is 11.8 Å². The molecule has 0 aromatic heterocycles. The molecule has 2 aromatic rings. The van der Waals surface area contributed by atoms with Crippen LogP contribution in [0.5, 0.6) is 5.75 Å². The van der Waals surface area contributed by atoms with Gasteiger partial charge in [0.15, 0.2) is 0 Å². The van der Waals surface area contributed by atoms with Gasteiger partial charge in [0.1, 0.15) is 17.8 Å². The number of phenolic OH excluding ortho intramolecular Hbond substituents is 1. The molecule has 2 saturated heterocycles. The van der Waals surface area contributed by atoms with Crippen LogP contribution >= 0.6 is 0 Å². The minimum atomic E-state index is -0.543. The smallest absolute Gasteiger partial charge is 0.246 e. The molecular formula is C21H23N3O3. The van der Waals surface area contributed by atoms with E-state index < -0.39 is 12.1 Å². The molecule has 6 heteroatoms. The summed E-state index contributed by atoms with van der Waals surface area (Å²) in [5.74, 6) is 0.0792. The molecular weight excluding hydrogens is 342 g/mol. The quantitative estimate of drug-likeness (QED) is 0.853. The summed E-state index contributed by atoms with van der Waals surface area (Å²) in [6.07, 6.45) is 0.432. The summed E-state index contributed by atoms with van der Waals surface area (Å²) in [6.45, 7) is 2.66. The minimum absolute atomic E-state index is 0.0213. The predicted octanol–water partition coefficient (Wildman–Crippen LogP) is 1.15. The topological polar surface area (TPSA) is 72.9 Å². The number of phenols is 1. The summed E-state index contributed by atoms with van der Waals surface area (Å²) in [5, 5.41) is 12.3. The number of hydrogen-bond donors (Lipinski definition) is 2. The molecule has 2 heterocycles. The van der Waals surface area contributed by atoms with Crippen molar-refractivity contribution in [3.05, 3.63) is 65.7 Å². The van der Waals surface area contributed by atoms with E-state index in [0.717, 1.165) is 18.7 Å². The molecule has 2 atom stereocenters. The lowest BCUT2D eigenvalue weighted by Gasteiger charge is -2.45. The summed E-state index contributed by atoms with van der Waals surface area (Å²) in [4.78, 5) is 29.5. The number of aromatic hydroxyl groups is 1. The first kappa shape index (κ1) is 17.5. The highest BCUT2D eigenvalue weighted by molar-refractivity contribution is 5.97. The van der Waals surface area contributed by atoms with Crippen molar-refractivity contribution in [3.63, 3.8) is 0 Å². The number of rotatable bonds is 4. The van der Waals surface area contributed by atoms with Gasteiger partial charge in [0.25, 0.3) is 0 Å². The van der Waals surface area contributed by atoms with Gasteiger partial charge in [-0.2, -0.15) is 0 Å². The Morgan fingerprint density at radius 3 is 2.44 bits per heavy atom. The van der Waals surface area contributed by atoms with Crippen LogP contribution in [0.1, 0.15) is 11.1 Å². The summed E-state index contributed by atoms with van der Waals surface area (Å²) in [5.41, 5.74) is 2.12. The lowest BCUT2D eigenvalue weighted by atomic mass is 9.98. The van der Waals surface area contributed by atoms with E-state index >= 15 is 0 Å². The number of carbonyl (C=O) groups is 2. The maximum Gasteiger partial charge on any atom is 0.246 e. The van der Waals surface area contributed by atoms with Crippen LogP contribution in [0.15, 0.2) is 54.6 Å². The molecule has 140 valence electrons. The zero-order chi connectivity index (χ0) is 18.8. The summed E-state index contributed by atoms with van der Waals surface area (Å²) >= 11 is 0. The van der Waals surface area contributed by atoms with E-state index in [1.165, 1.54) is 5.56 Å². The van der Waals surface area contributed by atoms with Gasteiger partial charge >= 0.3 is 0 Å². The van der Waals surface area contributed by atoms with Gasteiger partial charge in [-0.1, -0.05) is 42.5 Å². The second-order valence-corrected chi connectivity index (χ2v) is 7.20. The number of benzene rings is 2. The first-order valence-electron chi connectivity index (χ1n) is 9.25. The Bertz CT molecular complexity index is 822. The van der Waals surface area contributed by atoms with Crippen molar-refractivity contribution < 1.29 is 14.7 Å². The van der Waals surface area contributed by atoms with Gasteiger partial charge in [-0.3, -0.25) is 14.5 Å². The normalized spacial score (nSPS) is 23.0. The maximum atomic E-state index is 12.9. The van der Waals surface area contributed by atoms with Crippen LogP contribution in [0.3, 0.4) is 0 Å². The van der Waals surface area contributed by atoms with Gasteiger partial charge in [0.05, 0.1) is 0 Å². The standard InChI is InChI=1S/C21H23N3O3/c25-17-8-6-15(7-9-17)12-18-21(27)24-11-10-23(14-19(24)20(26)22-18)13-16-4-2-1-3-5-16/h1-9,18-19,25H,10-14H2,(H,22,26)/t18-,19-/m1/s1. The first-order valence-corrected chi connectivity index (χ1v) is 9.25. The number of piperazine rings is 2. The van der Waals surface area contributed by atoms with Gasteiger partial charge in [0.2, 0.25) is 11.8 Å². The molecule has 2 fully saturated rings. The molecule has 27 heavy (non-hydrogen) atoms. The number of fused-ring (bicyclic) bond motifs is 1. The van der Waals surface area contributed by atoms with Crippen LogP contribution in [0.4, 0.5) is 0 Å². The molecule has 2 aliphatic rings. The predicted molar refractivity (Wildman–Crippen MR) is 101 cm³/mol. The van der Waals surface area contributed by atoms with Crippen molar-refractivity contribution in [2.24, 2.45) is 0 Å². The molecule has 4 rings (SSSR count). The Balaban J connectivity index is 1.42. The number of nitrogens with one attached hydrogen (secondary N) is 1. The molecule has 2 amide bonds. The molecule has 6 nitrogen and oxygen atoms in total. The number of carbonyl (C=O) groups excluding carboxylic acids is 2. The first-order chi connectivity index (χ1) is 13.1. The Morgan fingerprint density at radius 2 is 1.70 bits per heavy atom. The molecule has 0 bridgehead atoms. The molecule has 0 saturated carbocycles. The summed E-state index contributed by atoms with van der Waals surface area (Å²) in [7, 11) is 0. The van der Waals surface area contributed by atoms with Gasteiger partial charge in [-0.25, -0.2) is 0 Å². The summed E-state index contributed by atoms with van der Waals surface area (Å²) in [6, 6.07) is 15.9. The Kier molecular flexibility index (Phi) is 4.81. The monoisotopic (exact) mass is 365 g/mol. The summed E-state index contributed by atoms with van der Waals surface area (Å²) < 4.78 is 0. The van der Waals surface area contributed by atoms with E-state index in [0.29, 0.717) is 19.5 Å². The second kappa shape index (κ2) is 7.40. The fourth-order valence-corrected chi connectivity index (χ4v) is 3.85. The van der Waals surface area contributed by atoms with E-state index in [9.17, 15) is 14.7 Å². The van der Waals surface area contributed by atoms with E-state index in [2.05, 4.69) is 22.3 Å². The number of hydrogen-bond acceptors (Lipinski definition) is 4. The zero-order valence-corrected chi connectivity index (χ0v) is 15.0. The molecule has 2 aliphatic heterocycles. The largest absolute Gasteiger partial charge is 0.508 e. The van der Waals surface area contributed by atoms with Crippen molar-refractivity contribution in [3.8, 4) is 5.75 Å². The van der Waals surface area contributed by atoms with E-state index in [1.807, 2.05) is 18.2 Å². The third-order valence-electron chi connectivity index (χ3n) is 5.29. The second-order valence-electron chi connectivity index (χ2n) is 7.20. The highest BCUT2D eigenvalue weighted by Crippen LogP contribution is 2.20. The third-order valence-corrected chi connectivity index (χ3v) is 5.29. The SMILES string of the molecule is O=C1N[C@H](Cc2ccc(O)cc2)C(=O)N2CCN(Cc3ccccc3)C[C@H]12. The fraction of sp³-hybridized carbons (Fsp3) is 0.333. The minimum Gasteiger partial charge on any atom is -0.508 e. The van der Waals surface area contributed by atoms with Crippen molar-refractivity contribution in [2.75, 3.05) is 19.6 Å². The highest BCUT2D eigenvalue weighted by Gasteiger charge is 2.43. The Morgan fingerprint density at radius 1 is 0.963 bits per heavy atom.